The predicted octanol–water partition coefficient (Wildman–Crippen LogP) is 2.68. The fourth-order valence-corrected chi connectivity index (χ4v) is 6.35. The number of aliphatic hydroxyl groups is 1. The van der Waals surface area contributed by atoms with Crippen molar-refractivity contribution in [1.29, 1.82) is 0 Å². The van der Waals surface area contributed by atoms with E-state index in [4.69, 9.17) is 0 Å². The summed E-state index contributed by atoms with van der Waals surface area (Å²) in [5, 5.41) is 20.0. The number of sulfonamides is 1. The minimum Gasteiger partial charge on any atom is -0.506 e. The number of nitrogens with zero attached hydrogens (tertiary/aromatic N) is 1. The molecule has 0 spiro atoms. The van der Waals surface area contributed by atoms with Crippen molar-refractivity contribution in [2.75, 3.05) is 4.31 Å². The molecule has 1 aliphatic rings. The normalized spacial score (nSPS) is 15.9. The standard InChI is InChI=1S/C24H25N3O6S2/c28-23-15-20(11-12-22(23)27-16-24(29)26-35(27,32)33)14-21(13-18-7-3-1-4-8-18)25-34(30,31)17-19-9-5-2-6-10-19/h1-12,15-16,21,25-26,28-29H,13-14,17H2/t21-/m1/s1. The number of benzene rings is 3. The molecule has 0 unspecified atom stereocenters. The van der Waals surface area contributed by atoms with Crippen LogP contribution in [-0.2, 0) is 38.8 Å². The summed E-state index contributed by atoms with van der Waals surface area (Å²) in [6, 6.07) is 22.2. The maximum Gasteiger partial charge on any atom is 0.330 e. The van der Waals surface area contributed by atoms with Gasteiger partial charge in [0.05, 0.1) is 12.0 Å². The lowest BCUT2D eigenvalue weighted by Gasteiger charge is -2.21. The van der Waals surface area contributed by atoms with Crippen LogP contribution >= 0.6 is 0 Å². The monoisotopic (exact) mass is 515 g/mol. The van der Waals surface area contributed by atoms with Gasteiger partial charge in [0.25, 0.3) is 0 Å². The van der Waals surface area contributed by atoms with Crippen LogP contribution in [0.2, 0.25) is 0 Å². The molecule has 4 rings (SSSR count). The number of aliphatic hydroxyl groups excluding tert-OH is 1. The van der Waals surface area contributed by atoms with Gasteiger partial charge in [0.1, 0.15) is 11.4 Å². The number of phenolic OH excluding ortho intramolecular Hbond substituents is 1. The van der Waals surface area contributed by atoms with Gasteiger partial charge in [-0.2, -0.15) is 8.42 Å². The molecule has 4 N–H and O–H groups in total. The molecule has 0 bridgehead atoms. The highest BCUT2D eigenvalue weighted by molar-refractivity contribution is 7.91. The number of hydrogen-bond donors (Lipinski definition) is 4. The lowest BCUT2D eigenvalue weighted by Crippen LogP contribution is -2.38. The Labute approximate surface area is 204 Å². The quantitative estimate of drug-likeness (QED) is 0.346. The molecule has 0 saturated heterocycles. The topological polar surface area (TPSA) is 136 Å². The van der Waals surface area contributed by atoms with Crippen LogP contribution in [0.25, 0.3) is 0 Å². The molecule has 35 heavy (non-hydrogen) atoms. The average Bonchev–Trinajstić information content (AvgIpc) is 3.06. The summed E-state index contributed by atoms with van der Waals surface area (Å²) in [7, 11) is -7.72. The van der Waals surface area contributed by atoms with Crippen molar-refractivity contribution in [2.24, 2.45) is 0 Å². The van der Waals surface area contributed by atoms with E-state index < -0.39 is 32.2 Å². The molecule has 3 aromatic carbocycles. The van der Waals surface area contributed by atoms with Gasteiger partial charge in [-0.05, 0) is 41.7 Å². The van der Waals surface area contributed by atoms with Crippen LogP contribution in [0.4, 0.5) is 5.69 Å². The summed E-state index contributed by atoms with van der Waals surface area (Å²) in [5.41, 5.74) is 2.16. The zero-order valence-electron chi connectivity index (χ0n) is 18.6. The third-order valence-electron chi connectivity index (χ3n) is 5.36. The Bertz CT molecular complexity index is 1430. The molecule has 1 heterocycles. The first-order chi connectivity index (χ1) is 16.6. The van der Waals surface area contributed by atoms with Crippen molar-refractivity contribution in [1.82, 2.24) is 9.44 Å². The van der Waals surface area contributed by atoms with Gasteiger partial charge in [-0.25, -0.2) is 22.2 Å². The summed E-state index contributed by atoms with van der Waals surface area (Å²) in [6.07, 6.45) is 1.61. The SMILES string of the molecule is O=S(=O)(Cc1ccccc1)N[C@H](Cc1ccccc1)Cc1ccc(N2C=C(O)NS2(=O)=O)c(O)c1. The second-order valence-corrected chi connectivity index (χ2v) is 11.5. The van der Waals surface area contributed by atoms with Crippen LogP contribution in [0, 0.1) is 0 Å². The molecule has 184 valence electrons. The molecule has 1 atom stereocenters. The summed E-state index contributed by atoms with van der Waals surface area (Å²) in [5.74, 6) is -1.06. The lowest BCUT2D eigenvalue weighted by atomic mass is 9.99. The van der Waals surface area contributed by atoms with Gasteiger partial charge in [-0.3, -0.25) is 0 Å². The van der Waals surface area contributed by atoms with E-state index in [1.807, 2.05) is 41.1 Å². The number of aromatic hydroxyl groups is 1. The Kier molecular flexibility index (Phi) is 7.01. The Morgan fingerprint density at radius 1 is 0.857 bits per heavy atom. The zero-order valence-corrected chi connectivity index (χ0v) is 20.2. The van der Waals surface area contributed by atoms with Crippen molar-refractivity contribution in [3.05, 3.63) is 108 Å². The molecule has 0 aromatic heterocycles. The molecular formula is C24H25N3O6S2. The highest BCUT2D eigenvalue weighted by Gasteiger charge is 2.30. The van der Waals surface area contributed by atoms with Crippen LogP contribution in [0.5, 0.6) is 5.75 Å². The zero-order chi connectivity index (χ0) is 25.1. The number of hydrogen-bond acceptors (Lipinski definition) is 6. The minimum absolute atomic E-state index is 0.0467. The van der Waals surface area contributed by atoms with Crippen LogP contribution in [0.1, 0.15) is 16.7 Å². The Hall–Kier alpha value is -3.54. The molecule has 0 saturated carbocycles. The van der Waals surface area contributed by atoms with E-state index in [0.29, 0.717) is 17.5 Å². The molecule has 11 heteroatoms. The largest absolute Gasteiger partial charge is 0.506 e. The highest BCUT2D eigenvalue weighted by Crippen LogP contribution is 2.33. The van der Waals surface area contributed by atoms with Crippen molar-refractivity contribution in [2.45, 2.75) is 24.6 Å². The first kappa shape index (κ1) is 24.6. The first-order valence-corrected chi connectivity index (χ1v) is 13.8. The minimum atomic E-state index is -4.05. The molecular weight excluding hydrogens is 490 g/mol. The maximum absolute atomic E-state index is 12.9. The number of rotatable bonds is 9. The highest BCUT2D eigenvalue weighted by atomic mass is 32.2. The van der Waals surface area contributed by atoms with E-state index in [0.717, 1.165) is 16.1 Å². The average molecular weight is 516 g/mol. The Balaban J connectivity index is 1.56. The Morgan fingerprint density at radius 3 is 2.03 bits per heavy atom. The van der Waals surface area contributed by atoms with E-state index in [1.54, 1.807) is 30.3 Å². The summed E-state index contributed by atoms with van der Waals surface area (Å²) in [6.45, 7) is 0. The summed E-state index contributed by atoms with van der Waals surface area (Å²) < 4.78 is 55.5. The van der Waals surface area contributed by atoms with E-state index in [9.17, 15) is 27.0 Å². The van der Waals surface area contributed by atoms with Crippen LogP contribution in [0.3, 0.4) is 0 Å². The van der Waals surface area contributed by atoms with Gasteiger partial charge in [-0.1, -0.05) is 66.7 Å². The van der Waals surface area contributed by atoms with Crippen molar-refractivity contribution < 1.29 is 27.0 Å². The van der Waals surface area contributed by atoms with Crippen molar-refractivity contribution >= 4 is 25.9 Å². The number of anilines is 1. The van der Waals surface area contributed by atoms with Gasteiger partial charge in [0, 0.05) is 6.04 Å². The van der Waals surface area contributed by atoms with Gasteiger partial charge in [-0.15, -0.1) is 0 Å². The third-order valence-corrected chi connectivity index (χ3v) is 8.05. The number of nitrogens with one attached hydrogen (secondary N) is 2. The van der Waals surface area contributed by atoms with E-state index in [2.05, 4.69) is 4.72 Å². The molecule has 0 radical (unpaired) electrons. The summed E-state index contributed by atoms with van der Waals surface area (Å²) >= 11 is 0. The van der Waals surface area contributed by atoms with Gasteiger partial charge in [0.2, 0.25) is 15.9 Å². The van der Waals surface area contributed by atoms with E-state index >= 15 is 0 Å². The lowest BCUT2D eigenvalue weighted by molar-refractivity contribution is 0.392. The second kappa shape index (κ2) is 9.98. The molecule has 1 aliphatic heterocycles. The fourth-order valence-electron chi connectivity index (χ4n) is 3.90. The molecule has 0 amide bonds. The predicted molar refractivity (Wildman–Crippen MR) is 133 cm³/mol. The molecule has 0 aliphatic carbocycles. The molecule has 9 nitrogen and oxygen atoms in total. The summed E-state index contributed by atoms with van der Waals surface area (Å²) in [4.78, 5) is 0. The van der Waals surface area contributed by atoms with Crippen LogP contribution < -0.4 is 13.7 Å². The van der Waals surface area contributed by atoms with Gasteiger partial charge in [0.15, 0.2) is 0 Å². The smallest absolute Gasteiger partial charge is 0.330 e. The van der Waals surface area contributed by atoms with E-state index in [-0.39, 0.29) is 23.6 Å². The number of phenols is 1. The van der Waals surface area contributed by atoms with Gasteiger partial charge < -0.3 is 10.2 Å². The molecule has 3 aromatic rings. The second-order valence-electron chi connectivity index (χ2n) is 8.19. The van der Waals surface area contributed by atoms with Crippen molar-refractivity contribution in [3.8, 4) is 5.75 Å². The third kappa shape index (κ3) is 6.32. The molecule has 0 fully saturated rings. The van der Waals surface area contributed by atoms with E-state index in [1.165, 1.54) is 12.1 Å². The van der Waals surface area contributed by atoms with Crippen LogP contribution in [-0.4, -0.2) is 33.1 Å². The fraction of sp³-hybridized carbons (Fsp3) is 0.167. The first-order valence-electron chi connectivity index (χ1n) is 10.7. The van der Waals surface area contributed by atoms with Gasteiger partial charge >= 0.3 is 10.2 Å². The van der Waals surface area contributed by atoms with Crippen LogP contribution in [0.15, 0.2) is 90.9 Å². The Morgan fingerprint density at radius 2 is 1.46 bits per heavy atom. The van der Waals surface area contributed by atoms with Crippen molar-refractivity contribution in [3.63, 3.8) is 0 Å². The maximum atomic E-state index is 12.9.